The van der Waals surface area contributed by atoms with Crippen LogP contribution in [0.4, 0.5) is 10.5 Å². The number of aliphatic hydroxyl groups is 1. The van der Waals surface area contributed by atoms with Crippen LogP contribution in [0, 0.1) is 5.92 Å². The van der Waals surface area contributed by atoms with Gasteiger partial charge in [0, 0.05) is 18.8 Å². The molecule has 0 radical (unpaired) electrons. The van der Waals surface area contributed by atoms with E-state index in [9.17, 15) is 18.3 Å². The maximum atomic E-state index is 13.4. The maximum Gasteiger partial charge on any atom is 0.407 e. The number of nitrogens with one attached hydrogen (secondary N) is 1. The number of carbonyl (C=O) groups is 1. The minimum absolute atomic E-state index is 0. The van der Waals surface area contributed by atoms with Gasteiger partial charge in [-0.1, -0.05) is 51.6 Å². The van der Waals surface area contributed by atoms with Gasteiger partial charge >= 0.3 is 6.09 Å². The topological polar surface area (TPSA) is 122 Å². The highest BCUT2D eigenvalue weighted by molar-refractivity contribution is 7.89. The van der Waals surface area contributed by atoms with Crippen LogP contribution in [0.15, 0.2) is 59.5 Å². The first-order chi connectivity index (χ1) is 15.8. The Morgan fingerprint density at radius 2 is 1.63 bits per heavy atom. The number of nitrogens with zero attached hydrogens (tertiary/aromatic N) is 1. The molecule has 2 atom stereocenters. The van der Waals surface area contributed by atoms with Crippen LogP contribution in [0.3, 0.4) is 0 Å². The Morgan fingerprint density at radius 1 is 1.06 bits per heavy atom. The predicted molar refractivity (Wildman–Crippen MR) is 140 cm³/mol. The second-order valence-electron chi connectivity index (χ2n) is 9.79. The Kier molecular flexibility index (Phi) is 11.2. The third-order valence-corrected chi connectivity index (χ3v) is 6.79. The zero-order valence-corrected chi connectivity index (χ0v) is 21.4. The normalized spacial score (nSPS) is 13.7. The van der Waals surface area contributed by atoms with Crippen molar-refractivity contribution in [3.8, 4) is 0 Å². The first-order valence-corrected chi connectivity index (χ1v) is 12.8. The molecule has 0 heterocycles. The number of nitrogen functional groups attached to an aromatic ring is 1. The van der Waals surface area contributed by atoms with Crippen molar-refractivity contribution in [1.82, 2.24) is 9.62 Å². The lowest BCUT2D eigenvalue weighted by molar-refractivity contribution is 0.0400. The van der Waals surface area contributed by atoms with E-state index in [1.165, 1.54) is 28.6 Å². The number of ether oxygens (including phenoxy) is 1. The number of rotatable bonds is 10. The average molecular weight is 508 g/mol. The van der Waals surface area contributed by atoms with Gasteiger partial charge in [-0.05, 0) is 62.9 Å². The zero-order valence-electron chi connectivity index (χ0n) is 20.6. The summed E-state index contributed by atoms with van der Waals surface area (Å²) >= 11 is 0. The molecule has 0 spiro atoms. The molecule has 4 N–H and O–H groups in total. The average Bonchev–Trinajstić information content (AvgIpc) is 2.72. The monoisotopic (exact) mass is 507 g/mol. The van der Waals surface area contributed by atoms with Crippen molar-refractivity contribution < 1.29 is 23.1 Å². The molecule has 0 aliphatic carbocycles. The Hall–Kier alpha value is -2.62. The van der Waals surface area contributed by atoms with Gasteiger partial charge in [0.25, 0.3) is 0 Å². The van der Waals surface area contributed by atoms with Gasteiger partial charge in [-0.3, -0.25) is 0 Å². The van der Waals surface area contributed by atoms with E-state index in [0.29, 0.717) is 12.1 Å². The summed E-state index contributed by atoms with van der Waals surface area (Å²) < 4.78 is 33.4. The first kappa shape index (κ1) is 30.4. The number of benzene rings is 2. The fraction of sp³-hybridized carbons (Fsp3) is 0.500. The molecule has 0 aliphatic heterocycles. The summed E-state index contributed by atoms with van der Waals surface area (Å²) in [5, 5.41) is 13.9. The van der Waals surface area contributed by atoms with Gasteiger partial charge in [0.05, 0.1) is 17.0 Å². The van der Waals surface area contributed by atoms with Crippen molar-refractivity contribution in [3.63, 3.8) is 0 Å². The van der Waals surface area contributed by atoms with E-state index in [0.717, 1.165) is 5.56 Å². The fourth-order valence-corrected chi connectivity index (χ4v) is 5.03. The van der Waals surface area contributed by atoms with Crippen molar-refractivity contribution in [3.05, 3.63) is 60.2 Å². The lowest BCUT2D eigenvalue weighted by Crippen LogP contribution is -2.51. The maximum absolute atomic E-state index is 13.4. The Bertz CT molecular complexity index is 1020. The van der Waals surface area contributed by atoms with Crippen LogP contribution >= 0.6 is 0 Å². The van der Waals surface area contributed by atoms with Crippen molar-refractivity contribution >= 4 is 21.8 Å². The number of alkyl carbamates (subject to hydrolysis) is 1. The molecule has 0 saturated carbocycles. The molecule has 0 aliphatic rings. The van der Waals surface area contributed by atoms with Crippen LogP contribution in [-0.4, -0.2) is 54.8 Å². The molecule has 1 amide bonds. The molecule has 35 heavy (non-hydrogen) atoms. The van der Waals surface area contributed by atoms with E-state index in [-0.39, 0.29) is 31.3 Å². The van der Waals surface area contributed by atoms with Gasteiger partial charge < -0.3 is 20.9 Å². The highest BCUT2D eigenvalue weighted by Crippen LogP contribution is 2.20. The standard InChI is InChI=1S/C25H37N3O5S.CH4/c1-18(2)16-28(34(31,32)21-13-11-20(26)12-14-21)17-23(29)22(15-19-9-7-6-8-10-19)27-24(30)33-25(3,4)5;/h6-14,18,22-23,29H,15-17,26H2,1-5H3,(H,27,30);1H4/t22-,23+;/m0./s1. The molecule has 2 rings (SSSR count). The minimum Gasteiger partial charge on any atom is -0.444 e. The molecule has 0 aromatic heterocycles. The molecule has 0 bridgehead atoms. The number of hydrogen-bond donors (Lipinski definition) is 3. The highest BCUT2D eigenvalue weighted by Gasteiger charge is 2.32. The van der Waals surface area contributed by atoms with Crippen molar-refractivity contribution in [2.24, 2.45) is 5.92 Å². The molecule has 0 unspecified atom stereocenters. The van der Waals surface area contributed by atoms with Gasteiger partial charge in [-0.25, -0.2) is 13.2 Å². The zero-order chi connectivity index (χ0) is 25.5. The van der Waals surface area contributed by atoms with Crippen LogP contribution in [0.2, 0.25) is 0 Å². The number of carbonyl (C=O) groups excluding carboxylic acids is 1. The molecular formula is C26H41N3O5S. The summed E-state index contributed by atoms with van der Waals surface area (Å²) in [6.07, 6.45) is -1.56. The summed E-state index contributed by atoms with van der Waals surface area (Å²) in [6.45, 7) is 9.05. The molecule has 196 valence electrons. The van der Waals surface area contributed by atoms with Crippen molar-refractivity contribution in [2.45, 2.75) is 71.1 Å². The quantitative estimate of drug-likeness (QED) is 0.417. The summed E-state index contributed by atoms with van der Waals surface area (Å²) in [7, 11) is -3.90. The summed E-state index contributed by atoms with van der Waals surface area (Å²) in [4.78, 5) is 12.6. The third-order valence-electron chi connectivity index (χ3n) is 4.94. The molecule has 0 fully saturated rings. The first-order valence-electron chi connectivity index (χ1n) is 11.3. The smallest absolute Gasteiger partial charge is 0.407 e. The van der Waals surface area contributed by atoms with E-state index in [1.807, 2.05) is 44.2 Å². The van der Waals surface area contributed by atoms with Gasteiger partial charge in [0.15, 0.2) is 0 Å². The van der Waals surface area contributed by atoms with Crippen molar-refractivity contribution in [2.75, 3.05) is 18.8 Å². The number of amides is 1. The van der Waals surface area contributed by atoms with Crippen LogP contribution in [0.25, 0.3) is 0 Å². The van der Waals surface area contributed by atoms with Gasteiger partial charge in [0.1, 0.15) is 5.60 Å². The van der Waals surface area contributed by atoms with Crippen molar-refractivity contribution in [1.29, 1.82) is 0 Å². The van der Waals surface area contributed by atoms with E-state index < -0.39 is 33.9 Å². The van der Waals surface area contributed by atoms with Crippen LogP contribution in [-0.2, 0) is 21.2 Å². The van der Waals surface area contributed by atoms with Crippen LogP contribution in [0.1, 0.15) is 47.6 Å². The highest BCUT2D eigenvalue weighted by atomic mass is 32.2. The molecular weight excluding hydrogens is 466 g/mol. The number of aliphatic hydroxyl groups excluding tert-OH is 1. The summed E-state index contributed by atoms with van der Waals surface area (Å²) in [5.41, 5.74) is 6.34. The Morgan fingerprint density at radius 3 is 2.14 bits per heavy atom. The number of nitrogens with two attached hydrogens (primary N) is 1. The lowest BCUT2D eigenvalue weighted by atomic mass is 10.0. The van der Waals surface area contributed by atoms with Crippen LogP contribution < -0.4 is 11.1 Å². The third kappa shape index (κ3) is 9.87. The summed E-state index contributed by atoms with van der Waals surface area (Å²) in [5.74, 6) is 0.0159. The second kappa shape index (κ2) is 12.9. The number of hydrogen-bond acceptors (Lipinski definition) is 6. The van der Waals surface area contributed by atoms with Gasteiger partial charge in [0.2, 0.25) is 10.0 Å². The predicted octanol–water partition coefficient (Wildman–Crippen LogP) is 4.05. The van der Waals surface area contributed by atoms with Gasteiger partial charge in [-0.15, -0.1) is 0 Å². The number of anilines is 1. The summed E-state index contributed by atoms with van der Waals surface area (Å²) in [6, 6.07) is 14.5. The van der Waals surface area contributed by atoms with E-state index in [1.54, 1.807) is 20.8 Å². The SMILES string of the molecule is C.CC(C)CN(C[C@@H](O)[C@H](Cc1ccccc1)NC(=O)OC(C)(C)C)S(=O)(=O)c1ccc(N)cc1. The van der Waals surface area contributed by atoms with Crippen LogP contribution in [0.5, 0.6) is 0 Å². The molecule has 8 nitrogen and oxygen atoms in total. The molecule has 2 aromatic rings. The fourth-order valence-electron chi connectivity index (χ4n) is 3.41. The van der Waals surface area contributed by atoms with E-state index in [2.05, 4.69) is 5.32 Å². The molecule has 9 heteroatoms. The minimum atomic E-state index is -3.90. The number of sulfonamides is 1. The molecule has 2 aromatic carbocycles. The van der Waals surface area contributed by atoms with E-state index in [4.69, 9.17) is 10.5 Å². The Labute approximate surface area is 210 Å². The molecule has 0 saturated heterocycles. The Balaban J connectivity index is 0.00000612. The van der Waals surface area contributed by atoms with E-state index >= 15 is 0 Å². The van der Waals surface area contributed by atoms with Gasteiger partial charge in [-0.2, -0.15) is 4.31 Å². The second-order valence-corrected chi connectivity index (χ2v) is 11.7. The lowest BCUT2D eigenvalue weighted by Gasteiger charge is -2.31. The largest absolute Gasteiger partial charge is 0.444 e.